The molecule has 0 spiro atoms. The number of aromatic nitrogens is 2. The Bertz CT molecular complexity index is 476. The molecule has 6 heteroatoms. The van der Waals surface area contributed by atoms with Crippen molar-refractivity contribution in [1.29, 1.82) is 0 Å². The first-order valence-electron chi connectivity index (χ1n) is 7.43. The lowest BCUT2D eigenvalue weighted by atomic mass is 9.91. The molecule has 1 aliphatic carbocycles. The number of hydrogen-bond acceptors (Lipinski definition) is 4. The van der Waals surface area contributed by atoms with Crippen molar-refractivity contribution in [2.45, 2.75) is 50.8 Å². The summed E-state index contributed by atoms with van der Waals surface area (Å²) in [6, 6.07) is -0.0806. The molecular formula is C14H22N4O2. The van der Waals surface area contributed by atoms with Crippen molar-refractivity contribution in [3.8, 4) is 0 Å². The quantitative estimate of drug-likeness (QED) is 0.849. The third kappa shape index (κ3) is 2.40. The number of fused-ring (bicyclic) bond motifs is 1. The van der Waals surface area contributed by atoms with E-state index in [9.17, 15) is 9.90 Å². The lowest BCUT2D eigenvalue weighted by Gasteiger charge is -2.34. The van der Waals surface area contributed by atoms with Gasteiger partial charge in [0.2, 0.25) is 5.95 Å². The molecule has 110 valence electrons. The van der Waals surface area contributed by atoms with Gasteiger partial charge in [-0.25, -0.2) is 4.98 Å². The predicted molar refractivity (Wildman–Crippen MR) is 75.7 cm³/mol. The summed E-state index contributed by atoms with van der Waals surface area (Å²) in [6.07, 6.45) is 6.22. The molecule has 1 saturated carbocycles. The maximum Gasteiger partial charge on any atom is 0.274 e. The van der Waals surface area contributed by atoms with Gasteiger partial charge >= 0.3 is 0 Å². The molecule has 0 radical (unpaired) electrons. The Kier molecular flexibility index (Phi) is 3.65. The first kappa shape index (κ1) is 13.4. The number of aryl methyl sites for hydroxylation is 1. The molecule has 6 nitrogen and oxygen atoms in total. The van der Waals surface area contributed by atoms with Crippen LogP contribution < -0.4 is 5.32 Å². The van der Waals surface area contributed by atoms with Crippen LogP contribution >= 0.6 is 0 Å². The van der Waals surface area contributed by atoms with Gasteiger partial charge in [-0.1, -0.05) is 12.8 Å². The van der Waals surface area contributed by atoms with Crippen LogP contribution in [0.3, 0.4) is 0 Å². The summed E-state index contributed by atoms with van der Waals surface area (Å²) in [6.45, 7) is 1.81. The average Bonchev–Trinajstić information content (AvgIpc) is 2.90. The van der Waals surface area contributed by atoms with Crippen LogP contribution in [-0.4, -0.2) is 51.2 Å². The molecule has 20 heavy (non-hydrogen) atoms. The fourth-order valence-corrected chi connectivity index (χ4v) is 3.15. The number of likely N-dealkylation sites (N-methyl/N-ethyl adjacent to an activating group) is 1. The summed E-state index contributed by atoms with van der Waals surface area (Å²) in [5.74, 6) is 0.678. The molecule has 2 atom stereocenters. The van der Waals surface area contributed by atoms with Crippen LogP contribution in [0.25, 0.3) is 0 Å². The topological polar surface area (TPSA) is 70.4 Å². The Balaban J connectivity index is 1.75. The number of hydrogen-bond donors (Lipinski definition) is 2. The predicted octanol–water partition coefficient (Wildman–Crippen LogP) is 1.07. The summed E-state index contributed by atoms with van der Waals surface area (Å²) in [7, 11) is 1.77. The molecule has 1 amide bonds. The summed E-state index contributed by atoms with van der Waals surface area (Å²) < 4.78 is 1.99. The van der Waals surface area contributed by atoms with E-state index >= 15 is 0 Å². The fourth-order valence-electron chi connectivity index (χ4n) is 3.15. The second-order valence-electron chi connectivity index (χ2n) is 5.76. The van der Waals surface area contributed by atoms with E-state index in [1.165, 1.54) is 0 Å². The van der Waals surface area contributed by atoms with Gasteiger partial charge in [-0.3, -0.25) is 4.79 Å². The second-order valence-corrected chi connectivity index (χ2v) is 5.76. The minimum atomic E-state index is -0.409. The van der Waals surface area contributed by atoms with Crippen molar-refractivity contribution < 1.29 is 9.90 Å². The van der Waals surface area contributed by atoms with Gasteiger partial charge in [0.25, 0.3) is 5.91 Å². The van der Waals surface area contributed by atoms with Crippen molar-refractivity contribution in [2.24, 2.45) is 0 Å². The maximum absolute atomic E-state index is 12.5. The molecule has 0 bridgehead atoms. The molecule has 1 aliphatic heterocycles. The summed E-state index contributed by atoms with van der Waals surface area (Å²) >= 11 is 0. The van der Waals surface area contributed by atoms with Gasteiger partial charge in [-0.15, -0.1) is 0 Å². The number of nitrogens with one attached hydrogen (secondary N) is 1. The minimum Gasteiger partial charge on any atom is -0.391 e. The van der Waals surface area contributed by atoms with Crippen molar-refractivity contribution in [1.82, 2.24) is 14.5 Å². The highest BCUT2D eigenvalue weighted by Crippen LogP contribution is 2.24. The van der Waals surface area contributed by atoms with Gasteiger partial charge in [-0.05, 0) is 19.3 Å². The average molecular weight is 278 g/mol. The first-order valence-corrected chi connectivity index (χ1v) is 7.43. The zero-order valence-electron chi connectivity index (χ0n) is 11.9. The van der Waals surface area contributed by atoms with Gasteiger partial charge < -0.3 is 19.9 Å². The van der Waals surface area contributed by atoms with Crippen LogP contribution in [0, 0.1) is 0 Å². The number of rotatable bonds is 2. The van der Waals surface area contributed by atoms with E-state index < -0.39 is 6.10 Å². The van der Waals surface area contributed by atoms with E-state index in [0.29, 0.717) is 5.69 Å². The van der Waals surface area contributed by atoms with Gasteiger partial charge in [0.05, 0.1) is 12.1 Å². The molecule has 0 aromatic carbocycles. The van der Waals surface area contributed by atoms with Crippen LogP contribution in [0.2, 0.25) is 0 Å². The molecule has 0 saturated heterocycles. The maximum atomic E-state index is 12.5. The molecule has 1 aromatic heterocycles. The van der Waals surface area contributed by atoms with E-state index in [-0.39, 0.29) is 11.9 Å². The van der Waals surface area contributed by atoms with Crippen LogP contribution in [0.4, 0.5) is 5.95 Å². The summed E-state index contributed by atoms with van der Waals surface area (Å²) in [4.78, 5) is 18.6. The first-order chi connectivity index (χ1) is 9.66. The van der Waals surface area contributed by atoms with Gasteiger partial charge in [-0.2, -0.15) is 0 Å². The standard InChI is InChI=1S/C14H22N4O2/c1-17(11-5-2-3-6-12(11)19)13(20)10-9-18-8-4-7-15-14(18)16-10/h9,11-12,19H,2-8H2,1H3,(H,15,16). The van der Waals surface area contributed by atoms with E-state index in [4.69, 9.17) is 0 Å². The lowest BCUT2D eigenvalue weighted by Crippen LogP contribution is -2.46. The van der Waals surface area contributed by atoms with Gasteiger partial charge in [0.1, 0.15) is 5.69 Å². The zero-order chi connectivity index (χ0) is 14.1. The number of aliphatic hydroxyl groups excluding tert-OH is 1. The van der Waals surface area contributed by atoms with E-state index in [1.54, 1.807) is 11.9 Å². The Labute approximate surface area is 118 Å². The molecule has 2 N–H and O–H groups in total. The molecule has 2 heterocycles. The number of imidazole rings is 1. The molecule has 1 fully saturated rings. The Morgan fingerprint density at radius 1 is 1.45 bits per heavy atom. The van der Waals surface area contributed by atoms with E-state index in [1.807, 2.05) is 10.8 Å². The number of amides is 1. The van der Waals surface area contributed by atoms with Gasteiger partial charge in [0.15, 0.2) is 0 Å². The lowest BCUT2D eigenvalue weighted by molar-refractivity contribution is 0.0265. The Morgan fingerprint density at radius 2 is 2.25 bits per heavy atom. The number of carbonyl (C=O) groups is 1. The van der Waals surface area contributed by atoms with E-state index in [2.05, 4.69) is 10.3 Å². The monoisotopic (exact) mass is 278 g/mol. The van der Waals surface area contributed by atoms with Crippen LogP contribution in [0.15, 0.2) is 6.20 Å². The fraction of sp³-hybridized carbons (Fsp3) is 0.714. The number of nitrogens with zero attached hydrogens (tertiary/aromatic N) is 3. The number of carbonyl (C=O) groups excluding carboxylic acids is 1. The van der Waals surface area contributed by atoms with Crippen LogP contribution in [-0.2, 0) is 6.54 Å². The zero-order valence-corrected chi connectivity index (χ0v) is 11.9. The summed E-state index contributed by atoms with van der Waals surface area (Å²) in [5.41, 5.74) is 0.467. The number of aliphatic hydroxyl groups is 1. The Morgan fingerprint density at radius 3 is 3.00 bits per heavy atom. The van der Waals surface area contributed by atoms with Crippen molar-refractivity contribution in [3.63, 3.8) is 0 Å². The van der Waals surface area contributed by atoms with Crippen molar-refractivity contribution >= 4 is 11.9 Å². The Hall–Kier alpha value is -1.56. The largest absolute Gasteiger partial charge is 0.391 e. The SMILES string of the molecule is CN(C(=O)c1cn2c(n1)NCCC2)C1CCCCC1O. The highest BCUT2D eigenvalue weighted by atomic mass is 16.3. The minimum absolute atomic E-state index is 0.0806. The molecule has 2 unspecified atom stereocenters. The normalized spacial score (nSPS) is 25.7. The second kappa shape index (κ2) is 5.44. The molecule has 2 aliphatic rings. The van der Waals surface area contributed by atoms with Crippen LogP contribution in [0.1, 0.15) is 42.6 Å². The van der Waals surface area contributed by atoms with Crippen LogP contribution in [0.5, 0.6) is 0 Å². The molecule has 1 aromatic rings. The van der Waals surface area contributed by atoms with Crippen molar-refractivity contribution in [3.05, 3.63) is 11.9 Å². The van der Waals surface area contributed by atoms with E-state index in [0.717, 1.165) is 51.1 Å². The summed E-state index contributed by atoms with van der Waals surface area (Å²) in [5, 5.41) is 13.3. The molecular weight excluding hydrogens is 256 g/mol. The number of anilines is 1. The third-order valence-corrected chi connectivity index (χ3v) is 4.37. The highest BCUT2D eigenvalue weighted by Gasteiger charge is 2.31. The van der Waals surface area contributed by atoms with Gasteiger partial charge in [0, 0.05) is 26.3 Å². The smallest absolute Gasteiger partial charge is 0.274 e. The third-order valence-electron chi connectivity index (χ3n) is 4.37. The highest BCUT2D eigenvalue weighted by molar-refractivity contribution is 5.92. The van der Waals surface area contributed by atoms with Crippen molar-refractivity contribution in [2.75, 3.05) is 18.9 Å². The molecule has 3 rings (SSSR count).